The Labute approximate surface area is 105 Å². The molecule has 0 radical (unpaired) electrons. The average molecular weight is 247 g/mol. The summed E-state index contributed by atoms with van der Waals surface area (Å²) in [5, 5.41) is 11.6. The summed E-state index contributed by atoms with van der Waals surface area (Å²) in [5.41, 5.74) is 0.384. The van der Waals surface area contributed by atoms with E-state index in [2.05, 4.69) is 5.32 Å². The first-order chi connectivity index (χ1) is 8.74. The van der Waals surface area contributed by atoms with Gasteiger partial charge in [0.15, 0.2) is 0 Å². The van der Waals surface area contributed by atoms with Crippen molar-refractivity contribution in [1.82, 2.24) is 5.32 Å². The van der Waals surface area contributed by atoms with Crippen molar-refractivity contribution in [1.29, 1.82) is 5.26 Å². The van der Waals surface area contributed by atoms with E-state index < -0.39 is 6.04 Å². The van der Waals surface area contributed by atoms with Gasteiger partial charge in [-0.15, -0.1) is 0 Å². The first-order valence-electron chi connectivity index (χ1n) is 5.90. The molecule has 4 nitrogen and oxygen atoms in total. The molecule has 5 heteroatoms. The van der Waals surface area contributed by atoms with Gasteiger partial charge in [0.25, 0.3) is 0 Å². The number of hydrogen-bond acceptors (Lipinski definition) is 3. The fourth-order valence-corrected chi connectivity index (χ4v) is 2.14. The van der Waals surface area contributed by atoms with Gasteiger partial charge in [-0.3, -0.25) is 4.79 Å². The van der Waals surface area contributed by atoms with E-state index in [1.54, 1.807) is 23.1 Å². The Morgan fingerprint density at radius 3 is 3.00 bits per heavy atom. The van der Waals surface area contributed by atoms with Crippen LogP contribution in [0.15, 0.2) is 24.3 Å². The quantitative estimate of drug-likeness (QED) is 0.860. The third-order valence-corrected chi connectivity index (χ3v) is 3.00. The molecule has 1 saturated heterocycles. The normalized spacial score (nSPS) is 19.9. The van der Waals surface area contributed by atoms with Crippen LogP contribution < -0.4 is 10.2 Å². The van der Waals surface area contributed by atoms with Gasteiger partial charge in [0.2, 0.25) is 5.91 Å². The van der Waals surface area contributed by atoms with Gasteiger partial charge in [-0.2, -0.15) is 5.26 Å². The number of nitriles is 1. The Hall–Kier alpha value is -2.09. The topological polar surface area (TPSA) is 56.1 Å². The molecule has 1 amide bonds. The first kappa shape index (κ1) is 12.4. The van der Waals surface area contributed by atoms with Crippen molar-refractivity contribution in [2.24, 2.45) is 0 Å². The number of hydrogen-bond donors (Lipinski definition) is 1. The number of nitrogens with zero attached hydrogens (tertiary/aromatic N) is 2. The highest BCUT2D eigenvalue weighted by Gasteiger charge is 2.29. The molecular formula is C13H14FN3O. The second-order valence-corrected chi connectivity index (χ2v) is 4.17. The minimum atomic E-state index is -0.616. The standard InChI is InChI=1S/C13H14FN3O/c14-10-4-1-2-5-11(10)17-9-3-8-16-13(18)12(17)6-7-15/h1-2,4-5,12H,3,6,8-9H2,(H,16,18). The lowest BCUT2D eigenvalue weighted by molar-refractivity contribution is -0.121. The Bertz CT molecular complexity index is 483. The number of carbonyl (C=O) groups excluding carboxylic acids is 1. The zero-order valence-electron chi connectivity index (χ0n) is 9.90. The maximum absolute atomic E-state index is 13.8. The lowest BCUT2D eigenvalue weighted by atomic mass is 10.1. The molecule has 1 aliphatic rings. The van der Waals surface area contributed by atoms with Crippen LogP contribution in [0.2, 0.25) is 0 Å². The zero-order chi connectivity index (χ0) is 13.0. The van der Waals surface area contributed by atoms with Crippen LogP contribution in [-0.4, -0.2) is 25.0 Å². The van der Waals surface area contributed by atoms with Gasteiger partial charge in [0.05, 0.1) is 18.2 Å². The summed E-state index contributed by atoms with van der Waals surface area (Å²) >= 11 is 0. The van der Waals surface area contributed by atoms with E-state index in [1.807, 2.05) is 6.07 Å². The minimum Gasteiger partial charge on any atom is -0.356 e. The summed E-state index contributed by atoms with van der Waals surface area (Å²) < 4.78 is 13.8. The number of carbonyl (C=O) groups is 1. The molecule has 1 aromatic carbocycles. The first-order valence-corrected chi connectivity index (χ1v) is 5.90. The third-order valence-electron chi connectivity index (χ3n) is 3.00. The molecule has 1 fully saturated rings. The average Bonchev–Trinajstić information content (AvgIpc) is 2.54. The van der Waals surface area contributed by atoms with Gasteiger partial charge in [-0.05, 0) is 18.6 Å². The number of anilines is 1. The van der Waals surface area contributed by atoms with Crippen LogP contribution in [0.5, 0.6) is 0 Å². The van der Waals surface area contributed by atoms with Crippen LogP contribution >= 0.6 is 0 Å². The van der Waals surface area contributed by atoms with Crippen LogP contribution in [-0.2, 0) is 4.79 Å². The monoisotopic (exact) mass is 247 g/mol. The number of halogens is 1. The highest BCUT2D eigenvalue weighted by Crippen LogP contribution is 2.23. The van der Waals surface area contributed by atoms with Gasteiger partial charge < -0.3 is 10.2 Å². The smallest absolute Gasteiger partial charge is 0.243 e. The van der Waals surface area contributed by atoms with Crippen LogP contribution in [0.3, 0.4) is 0 Å². The molecule has 0 saturated carbocycles. The molecule has 1 atom stereocenters. The largest absolute Gasteiger partial charge is 0.356 e. The van der Waals surface area contributed by atoms with Crippen LogP contribution in [0, 0.1) is 17.1 Å². The van der Waals surface area contributed by atoms with Gasteiger partial charge in [0, 0.05) is 13.1 Å². The lowest BCUT2D eigenvalue weighted by Gasteiger charge is -2.29. The van der Waals surface area contributed by atoms with E-state index in [9.17, 15) is 9.18 Å². The van der Waals surface area contributed by atoms with Crippen LogP contribution in [0.1, 0.15) is 12.8 Å². The molecule has 1 aliphatic heterocycles. The molecular weight excluding hydrogens is 233 g/mol. The maximum Gasteiger partial charge on any atom is 0.243 e. The maximum atomic E-state index is 13.8. The van der Waals surface area contributed by atoms with Gasteiger partial charge in [-0.25, -0.2) is 4.39 Å². The molecule has 1 heterocycles. The van der Waals surface area contributed by atoms with Gasteiger partial charge >= 0.3 is 0 Å². The number of benzene rings is 1. The summed E-state index contributed by atoms with van der Waals surface area (Å²) in [5.74, 6) is -0.576. The highest BCUT2D eigenvalue weighted by molar-refractivity contribution is 5.86. The van der Waals surface area contributed by atoms with Crippen molar-refractivity contribution in [2.75, 3.05) is 18.0 Å². The summed E-state index contributed by atoms with van der Waals surface area (Å²) in [6.07, 6.45) is 0.794. The predicted octanol–water partition coefficient (Wildman–Crippen LogP) is 1.43. The third kappa shape index (κ3) is 2.43. The van der Waals surface area contributed by atoms with E-state index in [1.165, 1.54) is 6.07 Å². The summed E-state index contributed by atoms with van der Waals surface area (Å²) in [6.45, 7) is 1.12. The summed E-state index contributed by atoms with van der Waals surface area (Å²) in [7, 11) is 0. The number of nitrogens with one attached hydrogen (secondary N) is 1. The van der Waals surface area contributed by atoms with E-state index in [4.69, 9.17) is 5.26 Å². The Balaban J connectivity index is 2.35. The van der Waals surface area contributed by atoms with E-state index in [0.29, 0.717) is 18.8 Å². The van der Waals surface area contributed by atoms with Crippen LogP contribution in [0.25, 0.3) is 0 Å². The Kier molecular flexibility index (Phi) is 3.78. The molecule has 0 aromatic heterocycles. The van der Waals surface area contributed by atoms with E-state index >= 15 is 0 Å². The second-order valence-electron chi connectivity index (χ2n) is 4.17. The van der Waals surface area contributed by atoms with Crippen molar-refractivity contribution in [2.45, 2.75) is 18.9 Å². The van der Waals surface area contributed by atoms with E-state index in [0.717, 1.165) is 6.42 Å². The van der Waals surface area contributed by atoms with E-state index in [-0.39, 0.29) is 18.1 Å². The number of amides is 1. The molecule has 0 bridgehead atoms. The fourth-order valence-electron chi connectivity index (χ4n) is 2.14. The van der Waals surface area contributed by atoms with Crippen molar-refractivity contribution in [3.63, 3.8) is 0 Å². The zero-order valence-corrected chi connectivity index (χ0v) is 9.90. The lowest BCUT2D eigenvalue weighted by Crippen LogP contribution is -2.44. The fraction of sp³-hybridized carbons (Fsp3) is 0.385. The Morgan fingerprint density at radius 2 is 2.28 bits per heavy atom. The molecule has 2 rings (SSSR count). The molecule has 18 heavy (non-hydrogen) atoms. The predicted molar refractivity (Wildman–Crippen MR) is 65.4 cm³/mol. The van der Waals surface area contributed by atoms with Crippen molar-refractivity contribution >= 4 is 11.6 Å². The Morgan fingerprint density at radius 1 is 1.50 bits per heavy atom. The SMILES string of the molecule is N#CCC1C(=O)NCCCN1c1ccccc1F. The van der Waals surface area contributed by atoms with Crippen molar-refractivity contribution in [3.05, 3.63) is 30.1 Å². The molecule has 1 aromatic rings. The van der Waals surface area contributed by atoms with Gasteiger partial charge in [0.1, 0.15) is 11.9 Å². The summed E-state index contributed by atoms with van der Waals surface area (Å²) in [4.78, 5) is 13.6. The van der Waals surface area contributed by atoms with Crippen molar-refractivity contribution in [3.8, 4) is 6.07 Å². The van der Waals surface area contributed by atoms with Crippen molar-refractivity contribution < 1.29 is 9.18 Å². The molecule has 1 unspecified atom stereocenters. The van der Waals surface area contributed by atoms with Gasteiger partial charge in [-0.1, -0.05) is 12.1 Å². The molecule has 94 valence electrons. The molecule has 0 spiro atoms. The molecule has 1 N–H and O–H groups in total. The second kappa shape index (κ2) is 5.50. The number of rotatable bonds is 2. The minimum absolute atomic E-state index is 0.0557. The molecule has 0 aliphatic carbocycles. The van der Waals surface area contributed by atoms with Crippen LogP contribution in [0.4, 0.5) is 10.1 Å². The number of para-hydroxylation sites is 1. The highest BCUT2D eigenvalue weighted by atomic mass is 19.1. The summed E-state index contributed by atoms with van der Waals surface area (Å²) in [6, 6.07) is 7.71.